The van der Waals surface area contributed by atoms with E-state index < -0.39 is 11.7 Å². The Morgan fingerprint density at radius 1 is 1.28 bits per heavy atom. The Labute approximate surface area is 204 Å². The van der Waals surface area contributed by atoms with Crippen LogP contribution in [0.3, 0.4) is 0 Å². The number of aromatic nitrogens is 4. The molecule has 2 saturated heterocycles. The van der Waals surface area contributed by atoms with Crippen LogP contribution in [0.4, 0.5) is 19.1 Å². The number of anilines is 1. The van der Waals surface area contributed by atoms with Crippen molar-refractivity contribution in [1.29, 1.82) is 0 Å². The van der Waals surface area contributed by atoms with Crippen LogP contribution in [-0.4, -0.2) is 63.9 Å². The van der Waals surface area contributed by atoms with Crippen LogP contribution in [0.5, 0.6) is 0 Å². The molecule has 0 radical (unpaired) electrons. The summed E-state index contributed by atoms with van der Waals surface area (Å²) in [4.78, 5) is 24.5. The molecule has 1 saturated carbocycles. The Morgan fingerprint density at radius 2 is 2.11 bits per heavy atom. The molecule has 192 valence electrons. The number of halogens is 3. The van der Waals surface area contributed by atoms with Gasteiger partial charge in [-0.3, -0.25) is 4.79 Å². The topological polar surface area (TPSA) is 125 Å². The van der Waals surface area contributed by atoms with Crippen molar-refractivity contribution in [1.82, 2.24) is 25.3 Å². The molecule has 3 atom stereocenters. The number of nitrogens with zero attached hydrogens (tertiary/aromatic N) is 3. The summed E-state index contributed by atoms with van der Waals surface area (Å²) < 4.78 is 47.1. The third-order valence-corrected chi connectivity index (χ3v) is 7.27. The molecule has 36 heavy (non-hydrogen) atoms. The molecule has 2 aliphatic heterocycles. The molecule has 12 heteroatoms. The predicted molar refractivity (Wildman–Crippen MR) is 126 cm³/mol. The third-order valence-electron chi connectivity index (χ3n) is 7.27. The lowest BCUT2D eigenvalue weighted by molar-refractivity contribution is -0.137. The zero-order valence-electron chi connectivity index (χ0n) is 19.4. The first-order valence-corrected chi connectivity index (χ1v) is 11.9. The first-order valence-electron chi connectivity index (χ1n) is 11.9. The molecule has 0 bridgehead atoms. The number of nitrogens with one attached hydrogen (secondary N) is 3. The maximum Gasteiger partial charge on any atom is 0.419 e. The fourth-order valence-electron chi connectivity index (χ4n) is 5.33. The SMILES string of the molecule is FC(F)(F)c1cnc(N[C@H]2CCCNC2)nc1-c1c[nH]c2nc(C34CCOCC3C4)ccc12.O=CO. The maximum absolute atomic E-state index is 13.8. The van der Waals surface area contributed by atoms with Gasteiger partial charge in [-0.2, -0.15) is 13.2 Å². The summed E-state index contributed by atoms with van der Waals surface area (Å²) in [6, 6.07) is 3.90. The first kappa shape index (κ1) is 24.4. The molecule has 0 spiro atoms. The van der Waals surface area contributed by atoms with Gasteiger partial charge in [0.05, 0.1) is 12.3 Å². The highest BCUT2D eigenvalue weighted by Gasteiger charge is 2.57. The molecule has 0 amide bonds. The number of ether oxygens (including phenoxy) is 1. The van der Waals surface area contributed by atoms with Crippen molar-refractivity contribution in [2.75, 3.05) is 31.6 Å². The standard InChI is InChI=1S/C23H25F3N6O.CH2O2/c24-23(25,26)17-11-29-21(30-14-2-1-6-27-9-14)32-19(17)16-10-28-20-15(16)3-4-18(31-20)22-5-7-33-12-13(22)8-22;2-1-3/h3-4,10-11,13-14,27H,1-2,5-9,12H2,(H,28,31)(H,29,30,32);1H,(H,2,3)/t13?,14-,22?;/m0./s1. The van der Waals surface area contributed by atoms with E-state index in [0.29, 0.717) is 29.1 Å². The molecule has 2 unspecified atom stereocenters. The second kappa shape index (κ2) is 9.66. The van der Waals surface area contributed by atoms with E-state index in [9.17, 15) is 13.2 Å². The minimum Gasteiger partial charge on any atom is -0.483 e. The van der Waals surface area contributed by atoms with Crippen LogP contribution in [0.1, 0.15) is 36.9 Å². The second-order valence-electron chi connectivity index (χ2n) is 9.42. The molecule has 1 aliphatic carbocycles. The number of hydrogen-bond acceptors (Lipinski definition) is 7. The molecule has 3 aliphatic rings. The van der Waals surface area contributed by atoms with Crippen LogP contribution in [0.25, 0.3) is 22.3 Å². The Bertz CT molecular complexity index is 1240. The maximum atomic E-state index is 13.8. The number of fused-ring (bicyclic) bond motifs is 2. The van der Waals surface area contributed by atoms with Gasteiger partial charge in [0.25, 0.3) is 6.47 Å². The minimum absolute atomic E-state index is 0.0505. The predicted octanol–water partition coefficient (Wildman–Crippen LogP) is 3.58. The number of carbonyl (C=O) groups is 1. The lowest BCUT2D eigenvalue weighted by Gasteiger charge is -2.24. The number of aromatic amines is 1. The fourth-order valence-corrected chi connectivity index (χ4v) is 5.33. The summed E-state index contributed by atoms with van der Waals surface area (Å²) in [5, 5.41) is 14.0. The molecule has 4 N–H and O–H groups in total. The van der Waals surface area contributed by atoms with E-state index in [2.05, 4.69) is 25.6 Å². The van der Waals surface area contributed by atoms with Crippen LogP contribution in [0, 0.1) is 5.92 Å². The lowest BCUT2D eigenvalue weighted by Crippen LogP contribution is -2.38. The van der Waals surface area contributed by atoms with Gasteiger partial charge >= 0.3 is 6.18 Å². The summed E-state index contributed by atoms with van der Waals surface area (Å²) in [6.07, 6.45) is 1.76. The Morgan fingerprint density at radius 3 is 2.83 bits per heavy atom. The van der Waals surface area contributed by atoms with Crippen LogP contribution >= 0.6 is 0 Å². The van der Waals surface area contributed by atoms with E-state index >= 15 is 0 Å². The van der Waals surface area contributed by atoms with Crippen molar-refractivity contribution in [2.24, 2.45) is 5.92 Å². The zero-order valence-corrected chi connectivity index (χ0v) is 19.4. The molecule has 6 rings (SSSR count). The Hall–Kier alpha value is -3.25. The van der Waals surface area contributed by atoms with E-state index in [4.69, 9.17) is 19.6 Å². The average Bonchev–Trinajstić information content (AvgIpc) is 3.48. The van der Waals surface area contributed by atoms with Gasteiger partial charge in [0.1, 0.15) is 11.2 Å². The highest BCUT2D eigenvalue weighted by Crippen LogP contribution is 2.58. The number of alkyl halides is 3. The summed E-state index contributed by atoms with van der Waals surface area (Å²) in [6.45, 7) is 2.89. The fraction of sp³-hybridized carbons (Fsp3) is 0.500. The number of rotatable bonds is 4. The lowest BCUT2D eigenvalue weighted by atomic mass is 9.93. The molecular weight excluding hydrogens is 477 g/mol. The van der Waals surface area contributed by atoms with Gasteiger partial charge in [-0.05, 0) is 50.3 Å². The van der Waals surface area contributed by atoms with Gasteiger partial charge in [-0.15, -0.1) is 0 Å². The van der Waals surface area contributed by atoms with Gasteiger partial charge in [0, 0.05) is 53.6 Å². The Kier molecular flexibility index (Phi) is 6.56. The number of carboxylic acid groups (broad SMARTS) is 1. The highest BCUT2D eigenvalue weighted by atomic mass is 19.4. The van der Waals surface area contributed by atoms with Crippen LogP contribution in [0.2, 0.25) is 0 Å². The molecular formula is C24H27F3N6O3. The molecule has 3 fully saturated rings. The molecule has 0 aromatic carbocycles. The summed E-state index contributed by atoms with van der Waals surface area (Å²) in [7, 11) is 0. The van der Waals surface area contributed by atoms with Crippen LogP contribution in [-0.2, 0) is 21.1 Å². The Balaban J connectivity index is 0.000000848. The monoisotopic (exact) mass is 504 g/mol. The first-order chi connectivity index (χ1) is 17.4. The molecule has 3 aromatic heterocycles. The van der Waals surface area contributed by atoms with Crippen molar-refractivity contribution in [3.05, 3.63) is 35.8 Å². The van der Waals surface area contributed by atoms with Gasteiger partial charge in [-0.1, -0.05) is 0 Å². The van der Waals surface area contributed by atoms with E-state index in [-0.39, 0.29) is 29.6 Å². The van der Waals surface area contributed by atoms with Crippen LogP contribution in [0.15, 0.2) is 24.5 Å². The average molecular weight is 505 g/mol. The number of H-pyrrole nitrogens is 1. The van der Waals surface area contributed by atoms with Crippen molar-refractivity contribution >= 4 is 23.5 Å². The van der Waals surface area contributed by atoms with Crippen molar-refractivity contribution < 1.29 is 27.8 Å². The normalized spacial score (nSPS) is 25.4. The van der Waals surface area contributed by atoms with E-state index in [1.807, 2.05) is 12.1 Å². The van der Waals surface area contributed by atoms with E-state index in [0.717, 1.165) is 57.3 Å². The van der Waals surface area contributed by atoms with Gasteiger partial charge in [-0.25, -0.2) is 15.0 Å². The number of pyridine rings is 1. The van der Waals surface area contributed by atoms with E-state index in [1.54, 1.807) is 6.20 Å². The quantitative estimate of drug-likeness (QED) is 0.398. The summed E-state index contributed by atoms with van der Waals surface area (Å²) in [5.41, 5.74) is 0.993. The molecule has 5 heterocycles. The summed E-state index contributed by atoms with van der Waals surface area (Å²) >= 11 is 0. The molecule has 3 aromatic rings. The molecule has 9 nitrogen and oxygen atoms in total. The largest absolute Gasteiger partial charge is 0.483 e. The van der Waals surface area contributed by atoms with Crippen molar-refractivity contribution in [2.45, 2.75) is 43.3 Å². The smallest absolute Gasteiger partial charge is 0.419 e. The number of hydrogen-bond donors (Lipinski definition) is 4. The van der Waals surface area contributed by atoms with Gasteiger partial charge in [0.15, 0.2) is 0 Å². The van der Waals surface area contributed by atoms with Gasteiger partial charge in [0.2, 0.25) is 5.95 Å². The van der Waals surface area contributed by atoms with Crippen LogP contribution < -0.4 is 10.6 Å². The van der Waals surface area contributed by atoms with Gasteiger partial charge < -0.3 is 25.5 Å². The second-order valence-corrected chi connectivity index (χ2v) is 9.42. The van der Waals surface area contributed by atoms with E-state index in [1.165, 1.54) is 0 Å². The van der Waals surface area contributed by atoms with Crippen molar-refractivity contribution in [3.8, 4) is 11.3 Å². The number of piperidine rings is 1. The summed E-state index contributed by atoms with van der Waals surface area (Å²) in [5.74, 6) is 0.680. The zero-order chi connectivity index (χ0) is 25.3. The van der Waals surface area contributed by atoms with Crippen molar-refractivity contribution in [3.63, 3.8) is 0 Å². The third kappa shape index (κ3) is 4.62. The minimum atomic E-state index is -4.57. The highest BCUT2D eigenvalue weighted by molar-refractivity contribution is 5.93.